The summed E-state index contributed by atoms with van der Waals surface area (Å²) in [5, 5.41) is 8.90. The molecule has 1 aliphatic rings. The van der Waals surface area contributed by atoms with Crippen molar-refractivity contribution in [1.29, 1.82) is 0 Å². The van der Waals surface area contributed by atoms with E-state index >= 15 is 0 Å². The van der Waals surface area contributed by atoms with Gasteiger partial charge in [0.15, 0.2) is 0 Å². The molecule has 0 spiro atoms. The molecule has 1 fully saturated rings. The molecule has 1 aliphatic heterocycles. The van der Waals surface area contributed by atoms with Gasteiger partial charge in [-0.05, 0) is 31.9 Å². The fraction of sp³-hybridized carbons (Fsp3) is 0.500. The lowest BCUT2D eigenvalue weighted by atomic mass is 10.1. The van der Waals surface area contributed by atoms with Gasteiger partial charge < -0.3 is 10.0 Å². The Kier molecular flexibility index (Phi) is 3.19. The largest absolute Gasteiger partial charge is 0.481 e. The molecule has 1 aromatic rings. The topological polar surface area (TPSA) is 57.6 Å². The molecule has 0 unspecified atom stereocenters. The number of aryl methyl sites for hydroxylation is 2. The first-order valence-corrected chi connectivity index (χ1v) is 6.40. The highest BCUT2D eigenvalue weighted by Crippen LogP contribution is 2.25. The molecule has 0 aromatic carbocycles. The summed E-state index contributed by atoms with van der Waals surface area (Å²) < 4.78 is 0. The molecule has 17 heavy (non-hydrogen) atoms. The van der Waals surface area contributed by atoms with Crippen LogP contribution in [0.4, 0.5) is 0 Å². The Hall–Kier alpha value is -1.36. The maximum absolute atomic E-state index is 12.1. The molecule has 1 saturated heterocycles. The van der Waals surface area contributed by atoms with E-state index < -0.39 is 11.9 Å². The number of nitrogens with zero attached hydrogens (tertiary/aromatic N) is 1. The molecule has 0 aliphatic carbocycles. The molecule has 92 valence electrons. The highest BCUT2D eigenvalue weighted by molar-refractivity contribution is 7.14. The van der Waals surface area contributed by atoms with Crippen LogP contribution in [0.3, 0.4) is 0 Å². The van der Waals surface area contributed by atoms with E-state index in [1.54, 1.807) is 4.90 Å². The van der Waals surface area contributed by atoms with E-state index in [1.165, 1.54) is 11.3 Å². The number of amides is 1. The van der Waals surface area contributed by atoms with Crippen LogP contribution >= 0.6 is 11.3 Å². The number of hydrogen-bond acceptors (Lipinski definition) is 3. The second-order valence-corrected chi connectivity index (χ2v) is 5.68. The van der Waals surface area contributed by atoms with Gasteiger partial charge in [0, 0.05) is 18.0 Å². The van der Waals surface area contributed by atoms with Crippen LogP contribution in [0.5, 0.6) is 0 Å². The Morgan fingerprint density at radius 3 is 2.65 bits per heavy atom. The van der Waals surface area contributed by atoms with Crippen LogP contribution in [-0.2, 0) is 4.79 Å². The first-order chi connectivity index (χ1) is 7.99. The molecule has 0 radical (unpaired) electrons. The molecule has 2 rings (SSSR count). The van der Waals surface area contributed by atoms with Crippen LogP contribution in [0, 0.1) is 19.8 Å². The summed E-state index contributed by atoms with van der Waals surface area (Å²) in [6.07, 6.45) is 0.560. The maximum atomic E-state index is 12.1. The van der Waals surface area contributed by atoms with Gasteiger partial charge >= 0.3 is 5.97 Å². The summed E-state index contributed by atoms with van der Waals surface area (Å²) >= 11 is 1.48. The van der Waals surface area contributed by atoms with Gasteiger partial charge in [-0.2, -0.15) is 0 Å². The van der Waals surface area contributed by atoms with Gasteiger partial charge in [-0.1, -0.05) is 0 Å². The fourth-order valence-corrected chi connectivity index (χ4v) is 2.98. The SMILES string of the molecule is Cc1cc(C(=O)N2CC[C@@H](C(=O)O)C2)sc1C. The molecular formula is C12H15NO3S. The maximum Gasteiger partial charge on any atom is 0.308 e. The van der Waals surface area contributed by atoms with Crippen LogP contribution in [0.1, 0.15) is 26.5 Å². The number of hydrogen-bond donors (Lipinski definition) is 1. The monoisotopic (exact) mass is 253 g/mol. The van der Waals surface area contributed by atoms with Gasteiger partial charge in [0.25, 0.3) is 5.91 Å². The zero-order chi connectivity index (χ0) is 12.6. The molecule has 1 amide bonds. The molecule has 1 atom stereocenters. The Labute approximate surface area is 104 Å². The number of aliphatic carboxylic acids is 1. The van der Waals surface area contributed by atoms with Gasteiger partial charge in [0.1, 0.15) is 0 Å². The van der Waals surface area contributed by atoms with Crippen LogP contribution in [0.25, 0.3) is 0 Å². The second kappa shape index (κ2) is 4.49. The van der Waals surface area contributed by atoms with E-state index in [9.17, 15) is 9.59 Å². The van der Waals surface area contributed by atoms with E-state index in [1.807, 2.05) is 19.9 Å². The quantitative estimate of drug-likeness (QED) is 0.876. The van der Waals surface area contributed by atoms with Gasteiger partial charge in [0.2, 0.25) is 0 Å². The van der Waals surface area contributed by atoms with Crippen LogP contribution < -0.4 is 0 Å². The molecule has 1 aromatic heterocycles. The summed E-state index contributed by atoms with van der Waals surface area (Å²) in [5.41, 5.74) is 1.12. The molecule has 4 nitrogen and oxygen atoms in total. The van der Waals surface area contributed by atoms with Gasteiger partial charge in [-0.25, -0.2) is 0 Å². The first-order valence-electron chi connectivity index (χ1n) is 5.58. The smallest absolute Gasteiger partial charge is 0.308 e. The Balaban J connectivity index is 2.09. The van der Waals surface area contributed by atoms with Crippen molar-refractivity contribution in [2.45, 2.75) is 20.3 Å². The normalized spacial score (nSPS) is 19.6. The van der Waals surface area contributed by atoms with Crippen LogP contribution in [0.2, 0.25) is 0 Å². The number of rotatable bonds is 2. The highest BCUT2D eigenvalue weighted by atomic mass is 32.1. The zero-order valence-electron chi connectivity index (χ0n) is 9.90. The first kappa shape index (κ1) is 12.1. The second-order valence-electron chi connectivity index (χ2n) is 4.42. The van der Waals surface area contributed by atoms with Crippen LogP contribution in [0.15, 0.2) is 6.07 Å². The zero-order valence-corrected chi connectivity index (χ0v) is 10.7. The van der Waals surface area contributed by atoms with Crippen molar-refractivity contribution in [3.63, 3.8) is 0 Å². The average Bonchev–Trinajstić information content (AvgIpc) is 2.86. The third kappa shape index (κ3) is 2.34. The lowest BCUT2D eigenvalue weighted by Gasteiger charge is -2.14. The number of thiophene rings is 1. The predicted molar refractivity (Wildman–Crippen MR) is 65.4 cm³/mol. The van der Waals surface area contributed by atoms with E-state index in [-0.39, 0.29) is 5.91 Å². The number of carbonyl (C=O) groups excluding carboxylic acids is 1. The summed E-state index contributed by atoms with van der Waals surface area (Å²) in [5.74, 6) is -1.24. The Morgan fingerprint density at radius 1 is 1.47 bits per heavy atom. The van der Waals surface area contributed by atoms with Gasteiger partial charge in [-0.15, -0.1) is 11.3 Å². The lowest BCUT2D eigenvalue weighted by molar-refractivity contribution is -0.141. The van der Waals surface area contributed by atoms with Crippen molar-refractivity contribution in [2.75, 3.05) is 13.1 Å². The van der Waals surface area contributed by atoms with E-state index in [0.29, 0.717) is 24.4 Å². The minimum atomic E-state index is -0.807. The van der Waals surface area contributed by atoms with Crippen molar-refractivity contribution in [3.8, 4) is 0 Å². The summed E-state index contributed by atoms with van der Waals surface area (Å²) in [6.45, 7) is 4.85. The summed E-state index contributed by atoms with van der Waals surface area (Å²) in [4.78, 5) is 26.5. The highest BCUT2D eigenvalue weighted by Gasteiger charge is 2.31. The summed E-state index contributed by atoms with van der Waals surface area (Å²) in [7, 11) is 0. The third-order valence-electron chi connectivity index (χ3n) is 3.20. The van der Waals surface area contributed by atoms with Gasteiger partial charge in [0.05, 0.1) is 10.8 Å². The predicted octanol–water partition coefficient (Wildman–Crippen LogP) is 1.91. The van der Waals surface area contributed by atoms with Crippen LogP contribution in [-0.4, -0.2) is 35.0 Å². The Morgan fingerprint density at radius 2 is 2.18 bits per heavy atom. The van der Waals surface area contributed by atoms with Gasteiger partial charge in [-0.3, -0.25) is 9.59 Å². The van der Waals surface area contributed by atoms with Crippen molar-refractivity contribution in [3.05, 3.63) is 21.4 Å². The molecule has 5 heteroatoms. The molecule has 0 bridgehead atoms. The van der Waals surface area contributed by atoms with Crippen molar-refractivity contribution >= 4 is 23.2 Å². The van der Waals surface area contributed by atoms with E-state index in [2.05, 4.69) is 0 Å². The standard InChI is InChI=1S/C12H15NO3S/c1-7-5-10(17-8(7)2)11(14)13-4-3-9(6-13)12(15)16/h5,9H,3-4,6H2,1-2H3,(H,15,16)/t9-/m1/s1. The van der Waals surface area contributed by atoms with Crippen molar-refractivity contribution < 1.29 is 14.7 Å². The fourth-order valence-electron chi connectivity index (χ4n) is 1.98. The van der Waals surface area contributed by atoms with Crippen molar-refractivity contribution in [1.82, 2.24) is 4.90 Å². The number of carboxylic acids is 1. The van der Waals surface area contributed by atoms with E-state index in [4.69, 9.17) is 5.11 Å². The number of carbonyl (C=O) groups is 2. The molecular weight excluding hydrogens is 238 g/mol. The average molecular weight is 253 g/mol. The molecule has 1 N–H and O–H groups in total. The summed E-state index contributed by atoms with van der Waals surface area (Å²) in [6, 6.07) is 1.89. The number of likely N-dealkylation sites (tertiary alicyclic amines) is 1. The Bertz CT molecular complexity index is 447. The number of carboxylic acid groups (broad SMARTS) is 1. The molecule has 2 heterocycles. The van der Waals surface area contributed by atoms with Crippen molar-refractivity contribution in [2.24, 2.45) is 5.92 Å². The minimum Gasteiger partial charge on any atom is -0.481 e. The molecule has 0 saturated carbocycles. The minimum absolute atomic E-state index is 0.0325. The lowest BCUT2D eigenvalue weighted by Crippen LogP contribution is -2.29. The van der Waals surface area contributed by atoms with E-state index in [0.717, 1.165) is 10.4 Å². The third-order valence-corrected chi connectivity index (χ3v) is 4.34.